The fourth-order valence-electron chi connectivity index (χ4n) is 2.44. The van der Waals surface area contributed by atoms with Crippen molar-refractivity contribution < 1.29 is 41.5 Å². The molecule has 1 aliphatic rings. The summed E-state index contributed by atoms with van der Waals surface area (Å²) in [5, 5.41) is 39.0. The molecule has 0 bridgehead atoms. The number of carboxylic acid groups (broad SMARTS) is 1. The van der Waals surface area contributed by atoms with Crippen LogP contribution in [-0.2, 0) is 9.53 Å². The average molecular weight is 351 g/mol. The van der Waals surface area contributed by atoms with Gasteiger partial charge in [0.05, 0.1) is 6.85 Å². The number of para-hydroxylation sites is 1. The van der Waals surface area contributed by atoms with Gasteiger partial charge in [0.15, 0.2) is 6.10 Å². The molecule has 0 spiro atoms. The van der Waals surface area contributed by atoms with Gasteiger partial charge in [-0.1, -0.05) is 48.4 Å². The number of carboxylic acids is 1. The molecule has 1 heterocycles. The summed E-state index contributed by atoms with van der Waals surface area (Å²) >= 11 is 0. The van der Waals surface area contributed by atoms with Crippen LogP contribution in [0.4, 0.5) is 0 Å². The maximum Gasteiger partial charge on any atom is 0.335 e. The van der Waals surface area contributed by atoms with E-state index in [2.05, 4.69) is 0 Å². The molecule has 1 aliphatic heterocycles. The van der Waals surface area contributed by atoms with Gasteiger partial charge in [-0.15, -0.1) is 0 Å². The first-order chi connectivity index (χ1) is 14.1. The van der Waals surface area contributed by atoms with Gasteiger partial charge >= 0.3 is 5.97 Å². The molecule has 4 N–H and O–H groups in total. The first-order valence-corrected chi connectivity index (χ1v) is 7.31. The van der Waals surface area contributed by atoms with Gasteiger partial charge in [-0.05, 0) is 11.6 Å². The van der Waals surface area contributed by atoms with Crippen LogP contribution in [-0.4, -0.2) is 57.1 Å². The number of aliphatic hydroxyl groups excluding tert-OH is 3. The first-order valence-electron chi connectivity index (χ1n) is 9.81. The van der Waals surface area contributed by atoms with Gasteiger partial charge in [-0.3, -0.25) is 0 Å². The standard InChI is InChI=1S/C18H18O7/c19-13-14(20)16(17(22)23)25-18(15(13)21)24-12-9-5-4-8-11(12)10-6-2-1-3-7-10/h1-9,13-16,18-21H,(H,22,23)/t13-,14-,15+,16-,18+/m1/s1/i1D,2D,3D,6D,7D. The highest BCUT2D eigenvalue weighted by Crippen LogP contribution is 2.32. The molecule has 0 aliphatic carbocycles. The lowest BCUT2D eigenvalue weighted by Crippen LogP contribution is -2.61. The Morgan fingerprint density at radius 1 is 1.04 bits per heavy atom. The SMILES string of the molecule is [2H]c1c([2H])c([2H])c(-c2ccccc2O[C@H]2O[C@@H](C(=O)O)[C@H](O)[C@@H](O)[C@@H]2O)c([2H])c1[2H]. The Bertz CT molecular complexity index is 957. The largest absolute Gasteiger partial charge is 0.479 e. The molecular weight excluding hydrogens is 328 g/mol. The molecule has 25 heavy (non-hydrogen) atoms. The smallest absolute Gasteiger partial charge is 0.335 e. The van der Waals surface area contributed by atoms with Crippen LogP contribution >= 0.6 is 0 Å². The lowest BCUT2D eigenvalue weighted by atomic mass is 9.99. The maximum absolute atomic E-state index is 11.3. The number of benzene rings is 2. The molecule has 5 atom stereocenters. The summed E-state index contributed by atoms with van der Waals surface area (Å²) < 4.78 is 50.2. The van der Waals surface area contributed by atoms with E-state index in [-0.39, 0.29) is 16.9 Å². The number of rotatable bonds is 4. The Morgan fingerprint density at radius 2 is 1.72 bits per heavy atom. The highest BCUT2D eigenvalue weighted by molar-refractivity contribution is 5.73. The predicted molar refractivity (Wildman–Crippen MR) is 86.8 cm³/mol. The van der Waals surface area contributed by atoms with E-state index >= 15 is 0 Å². The Labute approximate surface area is 150 Å². The van der Waals surface area contributed by atoms with E-state index in [1.165, 1.54) is 24.3 Å². The van der Waals surface area contributed by atoms with Crippen LogP contribution in [0, 0.1) is 0 Å². The number of hydrogen-bond acceptors (Lipinski definition) is 6. The highest BCUT2D eigenvalue weighted by atomic mass is 16.7. The second kappa shape index (κ2) is 7.20. The van der Waals surface area contributed by atoms with Gasteiger partial charge in [-0.2, -0.15) is 0 Å². The highest BCUT2D eigenvalue weighted by Gasteiger charge is 2.48. The Morgan fingerprint density at radius 3 is 2.40 bits per heavy atom. The van der Waals surface area contributed by atoms with Gasteiger partial charge in [0.2, 0.25) is 6.29 Å². The number of aliphatic carboxylic acids is 1. The van der Waals surface area contributed by atoms with E-state index in [9.17, 15) is 20.1 Å². The zero-order valence-corrected chi connectivity index (χ0v) is 12.7. The van der Waals surface area contributed by atoms with Crippen LogP contribution in [0.1, 0.15) is 6.85 Å². The fraction of sp³-hybridized carbons (Fsp3) is 0.278. The van der Waals surface area contributed by atoms with Gasteiger partial charge in [-0.25, -0.2) is 4.79 Å². The molecule has 132 valence electrons. The predicted octanol–water partition coefficient (Wildman–Crippen LogP) is 0.625. The Kier molecular flexibility index (Phi) is 3.45. The normalized spacial score (nSPS) is 32.0. The Hall–Kier alpha value is -2.45. The van der Waals surface area contributed by atoms with E-state index < -0.39 is 66.9 Å². The van der Waals surface area contributed by atoms with E-state index in [1.807, 2.05) is 0 Å². The van der Waals surface area contributed by atoms with E-state index in [0.29, 0.717) is 0 Å². The van der Waals surface area contributed by atoms with Gasteiger partial charge in [0.25, 0.3) is 0 Å². The molecule has 7 nitrogen and oxygen atoms in total. The monoisotopic (exact) mass is 351 g/mol. The van der Waals surface area contributed by atoms with Crippen molar-refractivity contribution in [3.05, 3.63) is 54.5 Å². The van der Waals surface area contributed by atoms with E-state index in [1.54, 1.807) is 0 Å². The number of ether oxygens (including phenoxy) is 2. The number of carbonyl (C=O) groups is 1. The molecule has 0 radical (unpaired) electrons. The Balaban J connectivity index is 2.05. The van der Waals surface area contributed by atoms with Crippen molar-refractivity contribution in [3.63, 3.8) is 0 Å². The third-order valence-corrected chi connectivity index (χ3v) is 3.71. The third-order valence-electron chi connectivity index (χ3n) is 3.71. The number of aliphatic hydroxyl groups is 3. The minimum Gasteiger partial charge on any atom is -0.479 e. The van der Waals surface area contributed by atoms with Gasteiger partial charge < -0.3 is 29.9 Å². The summed E-state index contributed by atoms with van der Waals surface area (Å²) in [5.41, 5.74) is -0.102. The summed E-state index contributed by atoms with van der Waals surface area (Å²) in [5.74, 6) is -1.67. The second-order valence-electron chi connectivity index (χ2n) is 5.35. The first kappa shape index (κ1) is 12.0. The zero-order valence-electron chi connectivity index (χ0n) is 17.7. The minimum absolute atomic E-state index is 0.0674. The van der Waals surface area contributed by atoms with Crippen molar-refractivity contribution in [1.29, 1.82) is 0 Å². The second-order valence-corrected chi connectivity index (χ2v) is 5.35. The van der Waals surface area contributed by atoms with Crippen LogP contribution in [0.2, 0.25) is 0 Å². The molecule has 2 aromatic carbocycles. The summed E-state index contributed by atoms with van der Waals surface area (Å²) in [6, 6.07) is 3.15. The van der Waals surface area contributed by atoms with Gasteiger partial charge in [0.1, 0.15) is 24.1 Å². The molecule has 7 heteroatoms. The van der Waals surface area contributed by atoms with E-state index in [4.69, 9.17) is 21.4 Å². The van der Waals surface area contributed by atoms with Crippen molar-refractivity contribution in [1.82, 2.24) is 0 Å². The van der Waals surface area contributed by atoms with Crippen LogP contribution in [0.5, 0.6) is 5.75 Å². The van der Waals surface area contributed by atoms with E-state index in [0.717, 1.165) is 0 Å². The number of hydrogen-bond donors (Lipinski definition) is 4. The molecule has 3 rings (SSSR count). The van der Waals surface area contributed by atoms with Crippen molar-refractivity contribution >= 4 is 5.97 Å². The molecule has 0 amide bonds. The minimum atomic E-state index is -1.89. The molecule has 0 saturated carbocycles. The molecule has 2 aromatic rings. The van der Waals surface area contributed by atoms with Crippen molar-refractivity contribution in [2.24, 2.45) is 0 Å². The molecular formula is C18H18O7. The lowest BCUT2D eigenvalue weighted by molar-refractivity contribution is -0.271. The lowest BCUT2D eigenvalue weighted by Gasteiger charge is -2.38. The summed E-state index contributed by atoms with van der Waals surface area (Å²) in [6.07, 6.45) is -9.17. The third kappa shape index (κ3) is 3.49. The quantitative estimate of drug-likeness (QED) is 0.638. The molecule has 0 aromatic heterocycles. The fourth-order valence-corrected chi connectivity index (χ4v) is 2.44. The van der Waals surface area contributed by atoms with Crippen LogP contribution in [0.3, 0.4) is 0 Å². The van der Waals surface area contributed by atoms with Crippen molar-refractivity contribution in [3.8, 4) is 16.9 Å². The average Bonchev–Trinajstić information content (AvgIpc) is 2.72. The zero-order chi connectivity index (χ0) is 22.3. The molecule has 1 saturated heterocycles. The van der Waals surface area contributed by atoms with Crippen LogP contribution < -0.4 is 4.74 Å². The topological polar surface area (TPSA) is 116 Å². The molecule has 0 unspecified atom stereocenters. The summed E-state index contributed by atoms with van der Waals surface area (Å²) in [4.78, 5) is 11.3. The van der Waals surface area contributed by atoms with Crippen LogP contribution in [0.25, 0.3) is 11.1 Å². The van der Waals surface area contributed by atoms with Crippen molar-refractivity contribution in [2.45, 2.75) is 30.7 Å². The maximum atomic E-state index is 11.3. The van der Waals surface area contributed by atoms with Crippen LogP contribution in [0.15, 0.2) is 54.5 Å². The summed E-state index contributed by atoms with van der Waals surface area (Å²) in [6.45, 7) is 0. The van der Waals surface area contributed by atoms with Gasteiger partial charge in [0, 0.05) is 5.56 Å². The van der Waals surface area contributed by atoms with Crippen molar-refractivity contribution in [2.75, 3.05) is 0 Å². The molecule has 1 fully saturated rings. The summed E-state index contributed by atoms with van der Waals surface area (Å²) in [7, 11) is 0.